The maximum absolute atomic E-state index is 4.03. The summed E-state index contributed by atoms with van der Waals surface area (Å²) in [6.45, 7) is 6.86. The summed E-state index contributed by atoms with van der Waals surface area (Å²) in [5.74, 6) is 0. The number of rotatable bonds is 4. The zero-order valence-corrected chi connectivity index (χ0v) is 10.9. The van der Waals surface area contributed by atoms with E-state index in [1.807, 2.05) is 31.5 Å². The minimum atomic E-state index is 0.889. The van der Waals surface area contributed by atoms with Crippen molar-refractivity contribution in [3.63, 3.8) is 0 Å². The number of hydrogen-bond acceptors (Lipinski definition) is 2. The van der Waals surface area contributed by atoms with E-state index in [0.717, 1.165) is 12.1 Å². The monoisotopic (exact) mass is 238 g/mol. The summed E-state index contributed by atoms with van der Waals surface area (Å²) < 4.78 is 0. The Balaban J connectivity index is 2.08. The Hall–Kier alpha value is -2.09. The van der Waals surface area contributed by atoms with Crippen LogP contribution in [0.5, 0.6) is 0 Å². The highest BCUT2D eigenvalue weighted by Crippen LogP contribution is 2.16. The summed E-state index contributed by atoms with van der Waals surface area (Å²) in [5.41, 5.74) is 4.77. The van der Waals surface area contributed by atoms with Crippen molar-refractivity contribution in [2.45, 2.75) is 13.5 Å². The third-order valence-corrected chi connectivity index (χ3v) is 2.97. The summed E-state index contributed by atoms with van der Waals surface area (Å²) >= 11 is 0. The average molecular weight is 238 g/mol. The summed E-state index contributed by atoms with van der Waals surface area (Å²) in [7, 11) is 2.09. The Kier molecular flexibility index (Phi) is 3.78. The number of pyridine rings is 1. The normalized spacial score (nSPS) is 10.1. The topological polar surface area (TPSA) is 16.1 Å². The van der Waals surface area contributed by atoms with E-state index < -0.39 is 0 Å². The second-order valence-corrected chi connectivity index (χ2v) is 4.54. The van der Waals surface area contributed by atoms with E-state index in [0.29, 0.717) is 0 Å². The number of benzene rings is 1. The van der Waals surface area contributed by atoms with Crippen molar-refractivity contribution in [2.75, 3.05) is 11.9 Å². The van der Waals surface area contributed by atoms with Gasteiger partial charge in [-0.3, -0.25) is 4.98 Å². The predicted molar refractivity (Wildman–Crippen MR) is 77.5 cm³/mol. The van der Waals surface area contributed by atoms with Crippen LogP contribution in [0, 0.1) is 0 Å². The number of aromatic nitrogens is 1. The van der Waals surface area contributed by atoms with Gasteiger partial charge in [-0.2, -0.15) is 0 Å². The van der Waals surface area contributed by atoms with Crippen LogP contribution in [0.3, 0.4) is 0 Å². The molecule has 2 heteroatoms. The Morgan fingerprint density at radius 2 is 1.72 bits per heavy atom. The first-order valence-electron chi connectivity index (χ1n) is 6.03. The molecule has 0 radical (unpaired) electrons. The van der Waals surface area contributed by atoms with Gasteiger partial charge in [-0.05, 0) is 30.2 Å². The standard InChI is InChI=1S/C16H18N2/c1-13(2)15-6-4-14(5-7-15)12-18(3)16-8-10-17-11-9-16/h4-11H,1,12H2,2-3H3. The molecular weight excluding hydrogens is 220 g/mol. The molecule has 0 unspecified atom stereocenters. The fraction of sp³-hybridized carbons (Fsp3) is 0.188. The second-order valence-electron chi connectivity index (χ2n) is 4.54. The van der Waals surface area contributed by atoms with E-state index in [4.69, 9.17) is 0 Å². The third-order valence-electron chi connectivity index (χ3n) is 2.97. The predicted octanol–water partition coefficient (Wildman–Crippen LogP) is 3.75. The van der Waals surface area contributed by atoms with Crippen molar-refractivity contribution in [2.24, 2.45) is 0 Å². The summed E-state index contributed by atoms with van der Waals surface area (Å²) in [6.07, 6.45) is 3.63. The van der Waals surface area contributed by atoms with Crippen LogP contribution in [0.1, 0.15) is 18.1 Å². The first-order valence-corrected chi connectivity index (χ1v) is 6.03. The number of hydrogen-bond donors (Lipinski definition) is 0. The molecule has 1 heterocycles. The highest BCUT2D eigenvalue weighted by molar-refractivity contribution is 5.61. The molecule has 0 aliphatic heterocycles. The molecule has 2 aromatic rings. The van der Waals surface area contributed by atoms with Crippen LogP contribution in [0.15, 0.2) is 55.4 Å². The highest BCUT2D eigenvalue weighted by atomic mass is 15.1. The fourth-order valence-corrected chi connectivity index (χ4v) is 1.86. The maximum Gasteiger partial charge on any atom is 0.0426 e. The van der Waals surface area contributed by atoms with Crippen LogP contribution in [-0.2, 0) is 6.54 Å². The van der Waals surface area contributed by atoms with Crippen molar-refractivity contribution in [3.8, 4) is 0 Å². The molecule has 0 N–H and O–H groups in total. The quantitative estimate of drug-likeness (QED) is 0.806. The molecule has 0 spiro atoms. The molecule has 92 valence electrons. The molecule has 1 aromatic heterocycles. The molecule has 1 aromatic carbocycles. The Morgan fingerprint density at radius 3 is 2.28 bits per heavy atom. The largest absolute Gasteiger partial charge is 0.370 e. The van der Waals surface area contributed by atoms with Gasteiger partial charge in [0, 0.05) is 31.7 Å². The first kappa shape index (κ1) is 12.4. The van der Waals surface area contributed by atoms with E-state index >= 15 is 0 Å². The fourth-order valence-electron chi connectivity index (χ4n) is 1.86. The van der Waals surface area contributed by atoms with Crippen molar-refractivity contribution < 1.29 is 0 Å². The first-order chi connectivity index (χ1) is 8.66. The average Bonchev–Trinajstić information content (AvgIpc) is 2.40. The smallest absolute Gasteiger partial charge is 0.0426 e. The van der Waals surface area contributed by atoms with Crippen LogP contribution in [0.25, 0.3) is 5.57 Å². The van der Waals surface area contributed by atoms with Gasteiger partial charge in [0.1, 0.15) is 0 Å². The lowest BCUT2D eigenvalue weighted by atomic mass is 10.1. The van der Waals surface area contributed by atoms with Gasteiger partial charge in [-0.1, -0.05) is 36.4 Å². The molecule has 0 saturated heterocycles. The van der Waals surface area contributed by atoms with E-state index in [-0.39, 0.29) is 0 Å². The van der Waals surface area contributed by atoms with Crippen molar-refractivity contribution in [3.05, 3.63) is 66.5 Å². The van der Waals surface area contributed by atoms with Crippen LogP contribution in [0.4, 0.5) is 5.69 Å². The van der Waals surface area contributed by atoms with Crippen LogP contribution < -0.4 is 4.90 Å². The minimum absolute atomic E-state index is 0.889. The van der Waals surface area contributed by atoms with Crippen LogP contribution >= 0.6 is 0 Å². The SMILES string of the molecule is C=C(C)c1ccc(CN(C)c2ccncc2)cc1. The highest BCUT2D eigenvalue weighted by Gasteiger charge is 2.02. The maximum atomic E-state index is 4.03. The van der Waals surface area contributed by atoms with E-state index in [2.05, 4.69) is 47.8 Å². The number of nitrogens with zero attached hydrogens (tertiary/aromatic N) is 2. The van der Waals surface area contributed by atoms with Gasteiger partial charge in [-0.15, -0.1) is 0 Å². The molecule has 0 aliphatic carbocycles. The van der Waals surface area contributed by atoms with Crippen molar-refractivity contribution >= 4 is 11.3 Å². The van der Waals surface area contributed by atoms with Crippen molar-refractivity contribution in [1.29, 1.82) is 0 Å². The minimum Gasteiger partial charge on any atom is -0.370 e. The molecule has 0 atom stereocenters. The van der Waals surface area contributed by atoms with Gasteiger partial charge in [0.2, 0.25) is 0 Å². The Morgan fingerprint density at radius 1 is 1.11 bits per heavy atom. The van der Waals surface area contributed by atoms with Crippen LogP contribution in [0.2, 0.25) is 0 Å². The van der Waals surface area contributed by atoms with E-state index in [9.17, 15) is 0 Å². The molecule has 2 nitrogen and oxygen atoms in total. The molecule has 0 saturated carbocycles. The summed E-state index contributed by atoms with van der Waals surface area (Å²) in [4.78, 5) is 6.24. The van der Waals surface area contributed by atoms with E-state index in [1.54, 1.807) is 0 Å². The molecule has 0 bridgehead atoms. The summed E-state index contributed by atoms with van der Waals surface area (Å²) in [6, 6.07) is 12.6. The van der Waals surface area contributed by atoms with Gasteiger partial charge in [0.25, 0.3) is 0 Å². The number of allylic oxidation sites excluding steroid dienone is 1. The molecule has 18 heavy (non-hydrogen) atoms. The van der Waals surface area contributed by atoms with Crippen molar-refractivity contribution in [1.82, 2.24) is 4.98 Å². The molecule has 2 rings (SSSR count). The lowest BCUT2D eigenvalue weighted by Gasteiger charge is -2.19. The number of anilines is 1. The van der Waals surface area contributed by atoms with Gasteiger partial charge < -0.3 is 4.90 Å². The lowest BCUT2D eigenvalue weighted by Crippen LogP contribution is -2.16. The van der Waals surface area contributed by atoms with Crippen LogP contribution in [-0.4, -0.2) is 12.0 Å². The molecule has 0 aliphatic rings. The lowest BCUT2D eigenvalue weighted by molar-refractivity contribution is 0.920. The zero-order chi connectivity index (χ0) is 13.0. The second kappa shape index (κ2) is 5.50. The molecule has 0 amide bonds. The van der Waals surface area contributed by atoms with Gasteiger partial charge in [0.15, 0.2) is 0 Å². The Bertz CT molecular complexity index is 515. The molecular formula is C16H18N2. The molecule has 0 fully saturated rings. The Labute approximate surface area is 109 Å². The van der Waals surface area contributed by atoms with E-state index in [1.165, 1.54) is 16.8 Å². The third kappa shape index (κ3) is 2.98. The van der Waals surface area contributed by atoms with Gasteiger partial charge in [-0.25, -0.2) is 0 Å². The van der Waals surface area contributed by atoms with Gasteiger partial charge in [0.05, 0.1) is 0 Å². The summed E-state index contributed by atoms with van der Waals surface area (Å²) in [5, 5.41) is 0. The zero-order valence-electron chi connectivity index (χ0n) is 10.9. The van der Waals surface area contributed by atoms with Gasteiger partial charge >= 0.3 is 0 Å².